The van der Waals surface area contributed by atoms with Crippen LogP contribution in [0.1, 0.15) is 42.4 Å². The van der Waals surface area contributed by atoms with Gasteiger partial charge in [0.1, 0.15) is 23.9 Å². The summed E-state index contributed by atoms with van der Waals surface area (Å²) in [6, 6.07) is 23.2. The Balaban J connectivity index is 1.44. The predicted molar refractivity (Wildman–Crippen MR) is 172 cm³/mol. The summed E-state index contributed by atoms with van der Waals surface area (Å²) in [6.45, 7) is 1.02. The molecule has 0 aromatic heterocycles. The van der Waals surface area contributed by atoms with Crippen molar-refractivity contribution in [1.82, 2.24) is 21.3 Å². The van der Waals surface area contributed by atoms with Crippen molar-refractivity contribution < 1.29 is 19.1 Å². The van der Waals surface area contributed by atoms with Gasteiger partial charge in [-0.15, -0.1) is 0 Å². The number of nitrogens with one attached hydrogen (secondary N) is 4. The summed E-state index contributed by atoms with van der Waals surface area (Å²) in [7, 11) is 0. The number of benzene rings is 3. The van der Waals surface area contributed by atoms with Gasteiger partial charge in [-0.3, -0.25) is 14.4 Å². The van der Waals surface area contributed by atoms with Crippen LogP contribution in [0, 0.1) is 0 Å². The molecule has 0 radical (unpaired) electrons. The first-order chi connectivity index (χ1) is 21.4. The van der Waals surface area contributed by atoms with Crippen LogP contribution < -0.4 is 26.0 Å². The molecule has 8 nitrogen and oxygen atoms in total. The molecule has 0 unspecified atom stereocenters. The van der Waals surface area contributed by atoms with E-state index in [9.17, 15) is 14.4 Å². The Morgan fingerprint density at radius 1 is 0.818 bits per heavy atom. The van der Waals surface area contributed by atoms with Crippen molar-refractivity contribution in [3.63, 3.8) is 0 Å². The minimum atomic E-state index is -1.11. The lowest BCUT2D eigenvalue weighted by atomic mass is 9.93. The van der Waals surface area contributed by atoms with Gasteiger partial charge in [0.15, 0.2) is 0 Å². The van der Waals surface area contributed by atoms with Crippen LogP contribution in [0.3, 0.4) is 0 Å². The average Bonchev–Trinajstić information content (AvgIpc) is 3.50. The van der Waals surface area contributed by atoms with E-state index >= 15 is 0 Å². The van der Waals surface area contributed by atoms with E-state index in [0.717, 1.165) is 29.5 Å². The number of para-hydroxylation sites is 1. The highest BCUT2D eigenvalue weighted by atomic mass is 35.5. The fourth-order valence-electron chi connectivity index (χ4n) is 5.84. The smallest absolute Gasteiger partial charge is 0.246 e. The van der Waals surface area contributed by atoms with Crippen LogP contribution in [0.5, 0.6) is 5.75 Å². The molecule has 1 heterocycles. The molecule has 1 spiro atoms. The summed E-state index contributed by atoms with van der Waals surface area (Å²) >= 11 is 6.25. The molecule has 5 rings (SSSR count). The molecule has 0 bridgehead atoms. The van der Waals surface area contributed by atoms with Gasteiger partial charge in [-0.25, -0.2) is 0 Å². The molecule has 2 atom stereocenters. The van der Waals surface area contributed by atoms with Crippen molar-refractivity contribution in [2.24, 2.45) is 0 Å². The molecule has 1 aliphatic carbocycles. The van der Waals surface area contributed by atoms with Gasteiger partial charge in [0.05, 0.1) is 6.04 Å². The van der Waals surface area contributed by atoms with Crippen molar-refractivity contribution in [2.45, 2.75) is 56.1 Å². The van der Waals surface area contributed by atoms with Crippen LogP contribution in [-0.4, -0.2) is 55.0 Å². The highest BCUT2D eigenvalue weighted by molar-refractivity contribution is 6.30. The Morgan fingerprint density at radius 3 is 2.34 bits per heavy atom. The third kappa shape index (κ3) is 8.27. The minimum Gasteiger partial charge on any atom is -0.492 e. The van der Waals surface area contributed by atoms with Crippen molar-refractivity contribution in [3.8, 4) is 5.75 Å². The van der Waals surface area contributed by atoms with E-state index in [4.69, 9.17) is 16.3 Å². The molecule has 4 N–H and O–H groups in total. The van der Waals surface area contributed by atoms with Gasteiger partial charge in [-0.1, -0.05) is 97.3 Å². The van der Waals surface area contributed by atoms with Gasteiger partial charge in [0.25, 0.3) is 0 Å². The SMILES string of the molecule is O=C1NC2(CCCC2)C(=O)N[C@@H](Cc2ccccc2)C(=O)NC/C=C\c2ccccc2OCCN[C@H]1Cc1cccc(Cl)c1. The number of halogens is 1. The second-order valence-electron chi connectivity index (χ2n) is 11.4. The summed E-state index contributed by atoms with van der Waals surface area (Å²) < 4.78 is 6.08. The van der Waals surface area contributed by atoms with Gasteiger partial charge in [-0.2, -0.15) is 0 Å². The van der Waals surface area contributed by atoms with Gasteiger partial charge >= 0.3 is 0 Å². The fourth-order valence-corrected chi connectivity index (χ4v) is 6.05. The third-order valence-electron chi connectivity index (χ3n) is 8.16. The zero-order valence-corrected chi connectivity index (χ0v) is 25.4. The van der Waals surface area contributed by atoms with E-state index in [2.05, 4.69) is 21.3 Å². The van der Waals surface area contributed by atoms with E-state index in [0.29, 0.717) is 49.6 Å². The second kappa shape index (κ2) is 15.0. The lowest BCUT2D eigenvalue weighted by molar-refractivity contribution is -0.136. The van der Waals surface area contributed by atoms with Crippen LogP contribution in [-0.2, 0) is 27.2 Å². The average molecular weight is 615 g/mol. The topological polar surface area (TPSA) is 109 Å². The first kappa shape index (κ1) is 31.3. The van der Waals surface area contributed by atoms with Gasteiger partial charge in [-0.05, 0) is 48.6 Å². The molecule has 1 fully saturated rings. The number of hydrogen-bond donors (Lipinski definition) is 4. The number of carbonyl (C=O) groups is 3. The summed E-state index contributed by atoms with van der Waals surface area (Å²) in [4.78, 5) is 41.4. The van der Waals surface area contributed by atoms with Crippen LogP contribution in [0.15, 0.2) is 84.9 Å². The highest BCUT2D eigenvalue weighted by Crippen LogP contribution is 2.30. The highest BCUT2D eigenvalue weighted by Gasteiger charge is 2.44. The number of ether oxygens (including phenoxy) is 1. The van der Waals surface area contributed by atoms with Crippen molar-refractivity contribution in [2.75, 3.05) is 19.7 Å². The Morgan fingerprint density at radius 2 is 1.55 bits per heavy atom. The lowest BCUT2D eigenvalue weighted by Gasteiger charge is -2.33. The van der Waals surface area contributed by atoms with Gasteiger partial charge in [0.2, 0.25) is 17.7 Å². The molecule has 0 saturated heterocycles. The molecular formula is C35H39ClN4O4. The second-order valence-corrected chi connectivity index (χ2v) is 11.8. The first-order valence-corrected chi connectivity index (χ1v) is 15.6. The summed E-state index contributed by atoms with van der Waals surface area (Å²) in [5, 5.41) is 13.0. The quantitative estimate of drug-likeness (QED) is 0.352. The van der Waals surface area contributed by atoms with E-state index in [1.807, 2.05) is 84.9 Å². The van der Waals surface area contributed by atoms with E-state index < -0.39 is 17.6 Å². The molecule has 3 aromatic carbocycles. The Kier molecular flexibility index (Phi) is 10.7. The first-order valence-electron chi connectivity index (χ1n) is 15.2. The summed E-state index contributed by atoms with van der Waals surface area (Å²) in [5.41, 5.74) is 1.58. The predicted octanol–water partition coefficient (Wildman–Crippen LogP) is 4.22. The molecule has 1 saturated carbocycles. The van der Waals surface area contributed by atoms with Gasteiger partial charge in [0, 0.05) is 30.1 Å². The maximum atomic E-state index is 14.0. The Labute approximate surface area is 263 Å². The molecule has 1 aliphatic heterocycles. The normalized spacial score (nSPS) is 22.0. The van der Waals surface area contributed by atoms with E-state index in [-0.39, 0.29) is 24.3 Å². The van der Waals surface area contributed by atoms with Crippen LogP contribution >= 0.6 is 11.6 Å². The molecule has 9 heteroatoms. The van der Waals surface area contributed by atoms with Crippen molar-refractivity contribution in [1.29, 1.82) is 0 Å². The zero-order valence-electron chi connectivity index (χ0n) is 24.7. The Hall–Kier alpha value is -4.14. The molecule has 2 aliphatic rings. The van der Waals surface area contributed by atoms with Crippen LogP contribution in [0.25, 0.3) is 6.08 Å². The Bertz CT molecular complexity index is 1470. The fraction of sp³-hybridized carbons (Fsp3) is 0.343. The molecule has 44 heavy (non-hydrogen) atoms. The number of amides is 3. The maximum absolute atomic E-state index is 14.0. The van der Waals surface area contributed by atoms with Crippen molar-refractivity contribution >= 4 is 35.4 Å². The van der Waals surface area contributed by atoms with E-state index in [1.54, 1.807) is 6.07 Å². The number of fused-ring (bicyclic) bond motifs is 1. The molecule has 230 valence electrons. The monoisotopic (exact) mass is 614 g/mol. The zero-order chi connectivity index (χ0) is 30.8. The number of hydrogen-bond acceptors (Lipinski definition) is 5. The largest absolute Gasteiger partial charge is 0.492 e. The number of rotatable bonds is 4. The lowest BCUT2D eigenvalue weighted by Crippen LogP contribution is -2.63. The standard InChI is InChI=1S/C35H39ClN4O4/c36-28-15-8-12-26(22-28)24-29-33(42)40-35(17-6-7-18-35)34(43)39-30(23-25-10-2-1-3-11-25)32(41)38-19-9-14-27-13-4-5-16-31(27)44-21-20-37-29/h1-5,8-16,22,29-30,37H,6-7,17-21,23-24H2,(H,38,41)(H,39,43)(H,40,42)/b14-9-/t29-,30-/m0/s1. The van der Waals surface area contributed by atoms with Gasteiger partial charge < -0.3 is 26.0 Å². The molecular weight excluding hydrogens is 576 g/mol. The van der Waals surface area contributed by atoms with Crippen LogP contribution in [0.2, 0.25) is 5.02 Å². The third-order valence-corrected chi connectivity index (χ3v) is 8.40. The molecule has 3 amide bonds. The van der Waals surface area contributed by atoms with Crippen LogP contribution in [0.4, 0.5) is 0 Å². The summed E-state index contributed by atoms with van der Waals surface area (Å²) in [5.74, 6) is -0.212. The number of carbonyl (C=O) groups excluding carboxylic acids is 3. The van der Waals surface area contributed by atoms with Crippen molar-refractivity contribution in [3.05, 3.63) is 107 Å². The minimum absolute atomic E-state index is 0.281. The summed E-state index contributed by atoms with van der Waals surface area (Å²) in [6.07, 6.45) is 7.06. The maximum Gasteiger partial charge on any atom is 0.246 e. The van der Waals surface area contributed by atoms with E-state index in [1.165, 1.54) is 0 Å². The molecule has 3 aromatic rings.